The van der Waals surface area contributed by atoms with Gasteiger partial charge in [0.05, 0.1) is 0 Å². The van der Waals surface area contributed by atoms with Crippen LogP contribution in [0, 0.1) is 29.1 Å². The number of nitriles is 1. The topological polar surface area (TPSA) is 23.8 Å². The van der Waals surface area contributed by atoms with Crippen LogP contribution in [0.25, 0.3) is 0 Å². The molecule has 0 unspecified atom stereocenters. The first-order valence-electron chi connectivity index (χ1n) is 12.5. The van der Waals surface area contributed by atoms with Gasteiger partial charge >= 0.3 is 0 Å². The van der Waals surface area contributed by atoms with Crippen LogP contribution < -0.4 is 0 Å². The van der Waals surface area contributed by atoms with Crippen molar-refractivity contribution in [3.8, 4) is 6.07 Å². The highest BCUT2D eigenvalue weighted by atomic mass is 19.1. The summed E-state index contributed by atoms with van der Waals surface area (Å²) >= 11 is 0. The van der Waals surface area contributed by atoms with Gasteiger partial charge in [-0.05, 0) is 98.7 Å². The molecule has 2 fully saturated rings. The van der Waals surface area contributed by atoms with Crippen molar-refractivity contribution >= 4 is 0 Å². The maximum atomic E-state index is 13.1. The van der Waals surface area contributed by atoms with Gasteiger partial charge in [0.1, 0.15) is 6.07 Å². The molecular weight excluding hydrogens is 369 g/mol. The molecule has 30 heavy (non-hydrogen) atoms. The van der Waals surface area contributed by atoms with Gasteiger partial charge in [-0.15, -0.1) is 0 Å². The first kappa shape index (κ1) is 23.1. The smallest absolute Gasteiger partial charge is 0.195 e. The van der Waals surface area contributed by atoms with Crippen molar-refractivity contribution in [3.63, 3.8) is 0 Å². The maximum Gasteiger partial charge on any atom is 0.196 e. The number of nitrogens with zero attached hydrogens (tertiary/aromatic N) is 1. The minimum Gasteiger partial charge on any atom is -0.195 e. The Morgan fingerprint density at radius 2 is 1.50 bits per heavy atom. The molecule has 0 heterocycles. The first-order valence-corrected chi connectivity index (χ1v) is 12.5. The van der Waals surface area contributed by atoms with E-state index in [1.165, 1.54) is 82.6 Å². The molecule has 2 heteroatoms. The number of hydrogen-bond donors (Lipinski definition) is 0. The molecule has 0 aromatic heterocycles. The van der Waals surface area contributed by atoms with E-state index in [1.807, 2.05) is 0 Å². The van der Waals surface area contributed by atoms with Crippen LogP contribution in [0.1, 0.15) is 107 Å². The number of unbranched alkanes of at least 4 members (excludes halogenated alkanes) is 1. The van der Waals surface area contributed by atoms with Crippen LogP contribution in [0.4, 0.5) is 4.39 Å². The van der Waals surface area contributed by atoms with E-state index < -0.39 is 5.83 Å². The van der Waals surface area contributed by atoms with Gasteiger partial charge in [-0.25, -0.2) is 0 Å². The Kier molecular flexibility index (Phi) is 9.44. The van der Waals surface area contributed by atoms with E-state index in [1.54, 1.807) is 17.7 Å². The summed E-state index contributed by atoms with van der Waals surface area (Å²) < 4.78 is 13.1. The Morgan fingerprint density at radius 1 is 0.933 bits per heavy atom. The van der Waals surface area contributed by atoms with E-state index in [-0.39, 0.29) is 0 Å². The highest BCUT2D eigenvalue weighted by Crippen LogP contribution is 2.38. The summed E-state index contributed by atoms with van der Waals surface area (Å²) in [4.78, 5) is 0. The second kappa shape index (κ2) is 12.3. The van der Waals surface area contributed by atoms with E-state index in [4.69, 9.17) is 5.26 Å². The molecule has 2 aliphatic rings. The molecule has 2 aliphatic carbocycles. The van der Waals surface area contributed by atoms with Crippen molar-refractivity contribution in [2.24, 2.45) is 17.8 Å². The van der Waals surface area contributed by atoms with Gasteiger partial charge in [-0.3, -0.25) is 0 Å². The van der Waals surface area contributed by atoms with Crippen molar-refractivity contribution in [2.45, 2.75) is 103 Å². The molecule has 0 spiro atoms. The monoisotopic (exact) mass is 409 g/mol. The summed E-state index contributed by atoms with van der Waals surface area (Å²) in [7, 11) is 0. The van der Waals surface area contributed by atoms with Crippen LogP contribution in [0.2, 0.25) is 0 Å². The van der Waals surface area contributed by atoms with Gasteiger partial charge in [0.2, 0.25) is 0 Å². The molecule has 0 radical (unpaired) electrons. The predicted molar refractivity (Wildman–Crippen MR) is 124 cm³/mol. The molecule has 1 aromatic rings. The Hall–Kier alpha value is -1.62. The minimum atomic E-state index is -0.596. The lowest BCUT2D eigenvalue weighted by molar-refractivity contribution is 0.272. The molecule has 0 N–H and O–H groups in total. The summed E-state index contributed by atoms with van der Waals surface area (Å²) in [6.45, 7) is 2.25. The normalized spacial score (nSPS) is 27.6. The summed E-state index contributed by atoms with van der Waals surface area (Å²) in [5.41, 5.74) is 3.04. The molecule has 0 saturated heterocycles. The molecule has 1 aromatic carbocycles. The van der Waals surface area contributed by atoms with E-state index in [0.29, 0.717) is 5.92 Å². The van der Waals surface area contributed by atoms with Gasteiger partial charge in [-0.1, -0.05) is 63.3 Å². The predicted octanol–water partition coefficient (Wildman–Crippen LogP) is 8.66. The second-order valence-electron chi connectivity index (χ2n) is 9.90. The minimum absolute atomic E-state index is 0.291. The Balaban J connectivity index is 1.27. The van der Waals surface area contributed by atoms with Crippen molar-refractivity contribution in [3.05, 3.63) is 47.3 Å². The van der Waals surface area contributed by atoms with Crippen LogP contribution in [0.5, 0.6) is 0 Å². The van der Waals surface area contributed by atoms with Gasteiger partial charge in [0, 0.05) is 0 Å². The van der Waals surface area contributed by atoms with Crippen molar-refractivity contribution in [2.75, 3.05) is 0 Å². The van der Waals surface area contributed by atoms with Crippen LogP contribution >= 0.6 is 0 Å². The molecule has 3 rings (SSSR count). The Labute approximate surface area is 183 Å². The average molecular weight is 410 g/mol. The lowest BCUT2D eigenvalue weighted by Crippen LogP contribution is -2.14. The van der Waals surface area contributed by atoms with Crippen LogP contribution in [-0.4, -0.2) is 0 Å². The van der Waals surface area contributed by atoms with E-state index in [9.17, 15) is 4.39 Å². The zero-order valence-corrected chi connectivity index (χ0v) is 18.9. The van der Waals surface area contributed by atoms with Crippen LogP contribution in [-0.2, 0) is 6.42 Å². The van der Waals surface area contributed by atoms with Crippen LogP contribution in [0.3, 0.4) is 0 Å². The van der Waals surface area contributed by atoms with Gasteiger partial charge in [0.15, 0.2) is 5.83 Å². The Bertz CT molecular complexity index is 682. The molecule has 164 valence electrons. The summed E-state index contributed by atoms with van der Waals surface area (Å²) in [6.07, 6.45) is 19.6. The van der Waals surface area contributed by atoms with E-state index in [0.717, 1.165) is 30.6 Å². The molecule has 0 amide bonds. The number of benzene rings is 1. The second-order valence-corrected chi connectivity index (χ2v) is 9.90. The zero-order chi connectivity index (χ0) is 21.2. The lowest BCUT2D eigenvalue weighted by Gasteiger charge is -2.29. The number of allylic oxidation sites excluding steroid dienone is 2. The van der Waals surface area contributed by atoms with Gasteiger partial charge in [-0.2, -0.15) is 9.65 Å². The van der Waals surface area contributed by atoms with Crippen LogP contribution in [0.15, 0.2) is 36.2 Å². The number of aryl methyl sites for hydroxylation is 1. The molecule has 2 saturated carbocycles. The lowest BCUT2D eigenvalue weighted by atomic mass is 9.76. The number of halogens is 1. The summed E-state index contributed by atoms with van der Waals surface area (Å²) in [5.74, 6) is 2.24. The zero-order valence-electron chi connectivity index (χ0n) is 18.9. The third-order valence-electron chi connectivity index (χ3n) is 7.69. The van der Waals surface area contributed by atoms with E-state index in [2.05, 4.69) is 31.2 Å². The van der Waals surface area contributed by atoms with Gasteiger partial charge < -0.3 is 0 Å². The summed E-state index contributed by atoms with van der Waals surface area (Å²) in [6, 6.07) is 11.1. The third-order valence-corrected chi connectivity index (χ3v) is 7.69. The molecule has 0 aliphatic heterocycles. The molecule has 0 atom stereocenters. The first-order chi connectivity index (χ1) is 14.7. The SMILES string of the molecule is CCCc1ccc([C@H]2CC[C@H](CCCC[C@H]3CC[C@H](/C=C(/F)C#N)CC3)CC2)cc1. The third kappa shape index (κ3) is 7.26. The number of rotatable bonds is 9. The fourth-order valence-corrected chi connectivity index (χ4v) is 5.78. The fraction of sp³-hybridized carbons (Fsp3) is 0.679. The van der Waals surface area contributed by atoms with E-state index >= 15 is 0 Å². The average Bonchev–Trinajstić information content (AvgIpc) is 2.79. The maximum absolute atomic E-state index is 13.1. The van der Waals surface area contributed by atoms with Crippen molar-refractivity contribution in [1.29, 1.82) is 5.26 Å². The standard InChI is InChI=1S/C28H40FN/c1-2-5-22-12-16-26(17-13-22)27-18-14-24(15-19-27)7-4-3-6-23-8-10-25(11-9-23)20-28(29)21-30/h12-13,16-17,20,23-25,27H,2-11,14-15,18-19H2,1H3/b28-20+/t23-,24-,25-,27-. The quantitative estimate of drug-likeness (QED) is 0.296. The van der Waals surface area contributed by atoms with Crippen molar-refractivity contribution < 1.29 is 4.39 Å². The van der Waals surface area contributed by atoms with Crippen molar-refractivity contribution in [1.82, 2.24) is 0 Å². The largest absolute Gasteiger partial charge is 0.196 e. The Morgan fingerprint density at radius 3 is 2.03 bits per heavy atom. The molecule has 0 bridgehead atoms. The fourth-order valence-electron chi connectivity index (χ4n) is 5.78. The highest BCUT2D eigenvalue weighted by molar-refractivity contribution is 5.25. The van der Waals surface area contributed by atoms with Gasteiger partial charge in [0.25, 0.3) is 0 Å². The highest BCUT2D eigenvalue weighted by Gasteiger charge is 2.23. The molecular formula is C28H40FN. The molecule has 1 nitrogen and oxygen atoms in total. The number of hydrogen-bond acceptors (Lipinski definition) is 1. The summed E-state index contributed by atoms with van der Waals surface area (Å²) in [5, 5.41) is 8.58.